The monoisotopic (exact) mass is 332 g/mol. The molecule has 116 valence electrons. The summed E-state index contributed by atoms with van der Waals surface area (Å²) in [7, 11) is -6.99. The molecule has 1 aromatic carbocycles. The quantitative estimate of drug-likeness (QED) is 0.796. The average Bonchev–Trinajstić information content (AvgIpc) is 2.70. The first-order valence-electron chi connectivity index (χ1n) is 6.16. The van der Waals surface area contributed by atoms with Crippen molar-refractivity contribution < 1.29 is 21.6 Å². The number of nitrogens with zero attached hydrogens (tertiary/aromatic N) is 1. The Labute approximate surface area is 123 Å². The molecule has 0 aliphatic carbocycles. The van der Waals surface area contributed by atoms with E-state index in [0.29, 0.717) is 0 Å². The van der Waals surface area contributed by atoms with Crippen LogP contribution in [0.1, 0.15) is 12.0 Å². The lowest BCUT2D eigenvalue weighted by molar-refractivity contribution is -0.128. The smallest absolute Gasteiger partial charge is 0.224 e. The van der Waals surface area contributed by atoms with E-state index in [4.69, 9.17) is 5.14 Å². The van der Waals surface area contributed by atoms with E-state index < -0.39 is 25.1 Å². The van der Waals surface area contributed by atoms with E-state index >= 15 is 0 Å². The molecule has 1 amide bonds. The van der Waals surface area contributed by atoms with Gasteiger partial charge in [0.15, 0.2) is 9.84 Å². The summed E-state index contributed by atoms with van der Waals surface area (Å²) in [6, 6.07) is 6.13. The lowest BCUT2D eigenvalue weighted by atomic mass is 10.2. The summed E-state index contributed by atoms with van der Waals surface area (Å²) in [6.45, 7) is 0.292. The Morgan fingerprint density at radius 2 is 1.76 bits per heavy atom. The maximum Gasteiger partial charge on any atom is 0.224 e. The van der Waals surface area contributed by atoms with Crippen LogP contribution in [0.3, 0.4) is 0 Å². The Balaban J connectivity index is 2.11. The van der Waals surface area contributed by atoms with Gasteiger partial charge in [0.1, 0.15) is 5.25 Å². The normalized spacial score (nSPS) is 20.0. The first kappa shape index (κ1) is 15.9. The fraction of sp³-hybridized carbons (Fsp3) is 0.417. The first-order chi connectivity index (χ1) is 9.57. The largest absolute Gasteiger partial charge is 0.337 e. The predicted molar refractivity (Wildman–Crippen MR) is 76.5 cm³/mol. The number of benzene rings is 1. The molecule has 2 N–H and O–H groups in total. The number of amides is 1. The molecule has 0 spiro atoms. The summed E-state index contributed by atoms with van der Waals surface area (Å²) >= 11 is 0. The minimum Gasteiger partial charge on any atom is -0.337 e. The molecule has 1 aliphatic rings. The number of sulfonamides is 1. The van der Waals surface area contributed by atoms with Crippen molar-refractivity contribution in [1.82, 2.24) is 4.90 Å². The summed E-state index contributed by atoms with van der Waals surface area (Å²) in [6.07, 6.45) is 1.00. The van der Waals surface area contributed by atoms with Gasteiger partial charge in [-0.05, 0) is 17.7 Å². The Hall–Kier alpha value is -1.45. The SMILES string of the molecule is CS(=O)(=O)c1ccc(CN2CC(S(N)(=O)=O)CC2=O)cc1. The fourth-order valence-corrected chi connectivity index (χ4v) is 3.56. The molecule has 2 rings (SSSR count). The van der Waals surface area contributed by atoms with Crippen molar-refractivity contribution in [1.29, 1.82) is 0 Å². The second-order valence-corrected chi connectivity index (χ2v) is 8.97. The molecular formula is C12H16N2O5S2. The van der Waals surface area contributed by atoms with Gasteiger partial charge in [-0.25, -0.2) is 22.0 Å². The molecule has 1 saturated heterocycles. The van der Waals surface area contributed by atoms with Crippen molar-refractivity contribution >= 4 is 25.8 Å². The molecule has 1 atom stereocenters. The van der Waals surface area contributed by atoms with Crippen LogP contribution in [0, 0.1) is 0 Å². The molecule has 1 heterocycles. The van der Waals surface area contributed by atoms with Crippen LogP contribution in [-0.4, -0.2) is 45.7 Å². The number of nitrogens with two attached hydrogens (primary N) is 1. The number of rotatable bonds is 4. The van der Waals surface area contributed by atoms with Gasteiger partial charge in [-0.2, -0.15) is 0 Å². The van der Waals surface area contributed by atoms with E-state index in [1.54, 1.807) is 12.1 Å². The second-order valence-electron chi connectivity index (χ2n) is 5.11. The Bertz CT molecular complexity index is 753. The highest BCUT2D eigenvalue weighted by Crippen LogP contribution is 2.20. The number of hydrogen-bond donors (Lipinski definition) is 1. The van der Waals surface area contributed by atoms with Crippen molar-refractivity contribution in [2.24, 2.45) is 5.14 Å². The molecule has 1 aromatic rings. The predicted octanol–water partition coefficient (Wildman–Crippen LogP) is -0.520. The standard InChI is InChI=1S/C12H16N2O5S2/c1-20(16,17)10-4-2-9(3-5-10)7-14-8-11(6-12(14)15)21(13,18)19/h2-5,11H,6-8H2,1H3,(H2,13,18,19). The van der Waals surface area contributed by atoms with E-state index in [-0.39, 0.29) is 30.3 Å². The van der Waals surface area contributed by atoms with E-state index in [0.717, 1.165) is 11.8 Å². The molecule has 0 bridgehead atoms. The lowest BCUT2D eigenvalue weighted by Crippen LogP contribution is -2.31. The van der Waals surface area contributed by atoms with Crippen LogP contribution in [0.2, 0.25) is 0 Å². The van der Waals surface area contributed by atoms with Crippen LogP contribution in [0.4, 0.5) is 0 Å². The zero-order valence-corrected chi connectivity index (χ0v) is 13.0. The molecule has 0 saturated carbocycles. The van der Waals surface area contributed by atoms with E-state index in [1.807, 2.05) is 0 Å². The average molecular weight is 332 g/mol. The van der Waals surface area contributed by atoms with Gasteiger partial charge in [0.05, 0.1) is 4.90 Å². The first-order valence-corrected chi connectivity index (χ1v) is 9.66. The Morgan fingerprint density at radius 3 is 2.19 bits per heavy atom. The van der Waals surface area contributed by atoms with Gasteiger partial charge >= 0.3 is 0 Å². The fourth-order valence-electron chi connectivity index (χ4n) is 2.17. The second kappa shape index (κ2) is 5.39. The van der Waals surface area contributed by atoms with Gasteiger partial charge in [0.25, 0.3) is 0 Å². The summed E-state index contributed by atoms with van der Waals surface area (Å²) < 4.78 is 45.2. The summed E-state index contributed by atoms with van der Waals surface area (Å²) in [5, 5.41) is 4.18. The minimum absolute atomic E-state index is 0.0610. The van der Waals surface area contributed by atoms with Crippen LogP contribution >= 0.6 is 0 Å². The number of likely N-dealkylation sites (tertiary alicyclic amines) is 1. The molecule has 0 aromatic heterocycles. The Morgan fingerprint density at radius 1 is 1.19 bits per heavy atom. The number of carbonyl (C=O) groups excluding carboxylic acids is 1. The van der Waals surface area contributed by atoms with E-state index in [9.17, 15) is 21.6 Å². The van der Waals surface area contributed by atoms with Crippen molar-refractivity contribution in [3.05, 3.63) is 29.8 Å². The third-order valence-corrected chi connectivity index (χ3v) is 5.74. The maximum atomic E-state index is 11.8. The summed E-state index contributed by atoms with van der Waals surface area (Å²) in [5.74, 6) is -0.277. The van der Waals surface area contributed by atoms with Gasteiger partial charge in [-0.3, -0.25) is 4.79 Å². The highest BCUT2D eigenvalue weighted by molar-refractivity contribution is 7.90. The van der Waals surface area contributed by atoms with Crippen molar-refractivity contribution in [2.75, 3.05) is 12.8 Å². The van der Waals surface area contributed by atoms with Gasteiger partial charge < -0.3 is 4.90 Å². The van der Waals surface area contributed by atoms with E-state index in [2.05, 4.69) is 0 Å². The molecule has 1 unspecified atom stereocenters. The Kier molecular flexibility index (Phi) is 4.09. The van der Waals surface area contributed by atoms with Crippen LogP contribution in [0.15, 0.2) is 29.2 Å². The number of sulfone groups is 1. The van der Waals surface area contributed by atoms with Gasteiger partial charge in [0.2, 0.25) is 15.9 Å². The topological polar surface area (TPSA) is 115 Å². The number of hydrogen-bond acceptors (Lipinski definition) is 5. The third kappa shape index (κ3) is 3.80. The molecule has 21 heavy (non-hydrogen) atoms. The van der Waals surface area contributed by atoms with Crippen LogP contribution < -0.4 is 5.14 Å². The number of carbonyl (C=O) groups is 1. The molecule has 1 aliphatic heterocycles. The molecule has 1 fully saturated rings. The zero-order chi connectivity index (χ0) is 15.8. The summed E-state index contributed by atoms with van der Waals surface area (Å²) in [5.41, 5.74) is 0.728. The van der Waals surface area contributed by atoms with Crippen molar-refractivity contribution in [3.63, 3.8) is 0 Å². The van der Waals surface area contributed by atoms with Crippen LogP contribution in [0.25, 0.3) is 0 Å². The number of primary sulfonamides is 1. The molecule has 7 nitrogen and oxygen atoms in total. The summed E-state index contributed by atoms with van der Waals surface area (Å²) in [4.78, 5) is 13.4. The van der Waals surface area contributed by atoms with Crippen molar-refractivity contribution in [2.45, 2.75) is 23.1 Å². The third-order valence-electron chi connectivity index (χ3n) is 3.37. The van der Waals surface area contributed by atoms with Gasteiger partial charge in [-0.1, -0.05) is 12.1 Å². The van der Waals surface area contributed by atoms with Crippen LogP contribution in [0.5, 0.6) is 0 Å². The van der Waals surface area contributed by atoms with E-state index in [1.165, 1.54) is 17.0 Å². The highest BCUT2D eigenvalue weighted by Gasteiger charge is 2.36. The lowest BCUT2D eigenvalue weighted by Gasteiger charge is -2.16. The maximum absolute atomic E-state index is 11.8. The van der Waals surface area contributed by atoms with Crippen molar-refractivity contribution in [3.8, 4) is 0 Å². The van der Waals surface area contributed by atoms with Gasteiger partial charge in [-0.15, -0.1) is 0 Å². The minimum atomic E-state index is -3.73. The zero-order valence-electron chi connectivity index (χ0n) is 11.4. The molecule has 9 heteroatoms. The van der Waals surface area contributed by atoms with Gasteiger partial charge in [0, 0.05) is 25.8 Å². The molecule has 0 radical (unpaired) electrons. The van der Waals surface area contributed by atoms with Crippen LogP contribution in [-0.2, 0) is 31.2 Å². The highest BCUT2D eigenvalue weighted by atomic mass is 32.2. The molecular weight excluding hydrogens is 316 g/mol.